The van der Waals surface area contributed by atoms with E-state index in [2.05, 4.69) is 21.2 Å². The van der Waals surface area contributed by atoms with Crippen molar-refractivity contribution < 1.29 is 14.3 Å². The molecule has 0 saturated heterocycles. The van der Waals surface area contributed by atoms with Crippen molar-refractivity contribution in [1.29, 1.82) is 0 Å². The summed E-state index contributed by atoms with van der Waals surface area (Å²) in [6.45, 7) is 1.84. The molecule has 0 radical (unpaired) electrons. The van der Waals surface area contributed by atoms with Crippen LogP contribution in [0.1, 0.15) is 29.6 Å². The number of nitrogens with one attached hydrogen (secondary N) is 1. The first-order valence-electron chi connectivity index (χ1n) is 7.04. The molecule has 1 aromatic carbocycles. The van der Waals surface area contributed by atoms with Crippen LogP contribution < -0.4 is 14.8 Å². The fourth-order valence-corrected chi connectivity index (χ4v) is 3.52. The third-order valence-electron chi connectivity index (χ3n) is 3.83. The van der Waals surface area contributed by atoms with Gasteiger partial charge in [0, 0.05) is 16.9 Å². The Morgan fingerprint density at radius 3 is 2.80 bits per heavy atom. The van der Waals surface area contributed by atoms with Crippen molar-refractivity contribution in [2.75, 3.05) is 19.8 Å². The summed E-state index contributed by atoms with van der Waals surface area (Å²) in [6.07, 6.45) is 3.52. The van der Waals surface area contributed by atoms with Crippen LogP contribution >= 0.6 is 15.9 Å². The molecule has 0 bridgehead atoms. The number of carbonyl (C=O) groups excluding carboxylic acids is 1. The molecule has 2 aliphatic rings. The highest BCUT2D eigenvalue weighted by Gasteiger charge is 2.23. The Morgan fingerprint density at radius 1 is 1.25 bits per heavy atom. The second-order valence-electron chi connectivity index (χ2n) is 5.34. The third-order valence-corrected chi connectivity index (χ3v) is 4.66. The fourth-order valence-electron chi connectivity index (χ4n) is 2.72. The average molecular weight is 340 g/mol. The Bertz CT molecular complexity index is 506. The van der Waals surface area contributed by atoms with Crippen LogP contribution in [0.15, 0.2) is 18.2 Å². The van der Waals surface area contributed by atoms with Gasteiger partial charge in [-0.3, -0.25) is 4.79 Å². The molecule has 5 heteroatoms. The number of halogens is 1. The number of hydrogen-bond donors (Lipinski definition) is 1. The fraction of sp³-hybridized carbons (Fsp3) is 0.533. The molecule has 1 saturated carbocycles. The van der Waals surface area contributed by atoms with E-state index in [-0.39, 0.29) is 5.91 Å². The smallest absolute Gasteiger partial charge is 0.251 e. The number of fused-ring (bicyclic) bond motifs is 1. The summed E-state index contributed by atoms with van der Waals surface area (Å²) < 4.78 is 10.9. The molecule has 2 unspecified atom stereocenters. The summed E-state index contributed by atoms with van der Waals surface area (Å²) in [7, 11) is 0. The summed E-state index contributed by atoms with van der Waals surface area (Å²) in [5.41, 5.74) is 0.627. The molecular weight excluding hydrogens is 322 g/mol. The standard InChI is InChI=1S/C15H18BrNO3/c16-12-3-1-10(7-12)9-17-15(18)11-2-4-13-14(8-11)20-6-5-19-13/h2,4,8,10,12H,1,3,5-7,9H2,(H,17,18). The van der Waals surface area contributed by atoms with Crippen molar-refractivity contribution in [2.24, 2.45) is 5.92 Å². The average Bonchev–Trinajstić information content (AvgIpc) is 2.90. The zero-order valence-corrected chi connectivity index (χ0v) is 12.8. The summed E-state index contributed by atoms with van der Waals surface area (Å²) >= 11 is 3.63. The molecule has 1 N–H and O–H groups in total. The first-order chi connectivity index (χ1) is 9.72. The largest absolute Gasteiger partial charge is 0.486 e. The molecule has 0 spiro atoms. The van der Waals surface area contributed by atoms with Crippen molar-refractivity contribution in [3.05, 3.63) is 23.8 Å². The molecule has 4 nitrogen and oxygen atoms in total. The number of ether oxygens (including phenoxy) is 2. The Hall–Kier alpha value is -1.23. The normalized spacial score (nSPS) is 24.4. The number of hydrogen-bond acceptors (Lipinski definition) is 3. The zero-order chi connectivity index (χ0) is 13.9. The summed E-state index contributed by atoms with van der Waals surface area (Å²) in [5, 5.41) is 3.01. The van der Waals surface area contributed by atoms with Gasteiger partial charge in [0.1, 0.15) is 13.2 Å². The lowest BCUT2D eigenvalue weighted by Gasteiger charge is -2.19. The number of amides is 1. The first kappa shape index (κ1) is 13.7. The van der Waals surface area contributed by atoms with Crippen LogP contribution in [0.5, 0.6) is 11.5 Å². The maximum atomic E-state index is 12.1. The van der Waals surface area contributed by atoms with E-state index in [1.807, 2.05) is 0 Å². The highest BCUT2D eigenvalue weighted by atomic mass is 79.9. The van der Waals surface area contributed by atoms with E-state index >= 15 is 0 Å². The van der Waals surface area contributed by atoms with Crippen LogP contribution in [0.25, 0.3) is 0 Å². The van der Waals surface area contributed by atoms with Crippen LogP contribution in [0.3, 0.4) is 0 Å². The number of benzene rings is 1. The van der Waals surface area contributed by atoms with Crippen LogP contribution in [0.2, 0.25) is 0 Å². The molecule has 1 aliphatic heterocycles. The Kier molecular flexibility index (Phi) is 4.15. The van der Waals surface area contributed by atoms with Gasteiger partial charge >= 0.3 is 0 Å². The van der Waals surface area contributed by atoms with Gasteiger partial charge < -0.3 is 14.8 Å². The molecule has 1 heterocycles. The van der Waals surface area contributed by atoms with Crippen molar-refractivity contribution in [2.45, 2.75) is 24.1 Å². The van der Waals surface area contributed by atoms with E-state index in [0.717, 1.165) is 13.0 Å². The molecule has 1 amide bonds. The maximum Gasteiger partial charge on any atom is 0.251 e. The van der Waals surface area contributed by atoms with Gasteiger partial charge in [0.25, 0.3) is 5.91 Å². The van der Waals surface area contributed by atoms with Crippen LogP contribution in [0.4, 0.5) is 0 Å². The molecular formula is C15H18BrNO3. The van der Waals surface area contributed by atoms with Gasteiger partial charge in [-0.15, -0.1) is 0 Å². The van der Waals surface area contributed by atoms with Crippen molar-refractivity contribution in [3.63, 3.8) is 0 Å². The molecule has 108 valence electrons. The second kappa shape index (κ2) is 6.04. The van der Waals surface area contributed by atoms with Crippen LogP contribution in [0, 0.1) is 5.92 Å². The van der Waals surface area contributed by atoms with Gasteiger partial charge in [-0.05, 0) is 43.4 Å². The summed E-state index contributed by atoms with van der Waals surface area (Å²) in [4.78, 5) is 12.8. The van der Waals surface area contributed by atoms with E-state index < -0.39 is 0 Å². The van der Waals surface area contributed by atoms with Crippen LogP contribution in [-0.4, -0.2) is 30.5 Å². The summed E-state index contributed by atoms with van der Waals surface area (Å²) in [5.74, 6) is 1.91. The van der Waals surface area contributed by atoms with Gasteiger partial charge in [0.2, 0.25) is 0 Å². The molecule has 1 aliphatic carbocycles. The molecule has 2 atom stereocenters. The predicted octanol–water partition coefficient (Wildman–Crippen LogP) is 2.75. The third kappa shape index (κ3) is 3.08. The monoisotopic (exact) mass is 339 g/mol. The van der Waals surface area contributed by atoms with Crippen molar-refractivity contribution >= 4 is 21.8 Å². The topological polar surface area (TPSA) is 47.6 Å². The van der Waals surface area contributed by atoms with Gasteiger partial charge in [-0.1, -0.05) is 15.9 Å². The number of alkyl halides is 1. The number of rotatable bonds is 3. The quantitative estimate of drug-likeness (QED) is 0.861. The minimum Gasteiger partial charge on any atom is -0.486 e. The van der Waals surface area contributed by atoms with Crippen LogP contribution in [-0.2, 0) is 0 Å². The van der Waals surface area contributed by atoms with Gasteiger partial charge in [0.15, 0.2) is 11.5 Å². The zero-order valence-electron chi connectivity index (χ0n) is 11.2. The van der Waals surface area contributed by atoms with E-state index in [9.17, 15) is 4.79 Å². The lowest BCUT2D eigenvalue weighted by Crippen LogP contribution is -2.28. The maximum absolute atomic E-state index is 12.1. The van der Waals surface area contributed by atoms with Gasteiger partial charge in [0.05, 0.1) is 0 Å². The first-order valence-corrected chi connectivity index (χ1v) is 7.96. The van der Waals surface area contributed by atoms with Crippen molar-refractivity contribution in [1.82, 2.24) is 5.32 Å². The molecule has 3 rings (SSSR count). The van der Waals surface area contributed by atoms with Crippen molar-refractivity contribution in [3.8, 4) is 11.5 Å². The Morgan fingerprint density at radius 2 is 2.05 bits per heavy atom. The molecule has 20 heavy (non-hydrogen) atoms. The lowest BCUT2D eigenvalue weighted by atomic mass is 10.1. The van der Waals surface area contributed by atoms with Gasteiger partial charge in [-0.25, -0.2) is 0 Å². The molecule has 0 aromatic heterocycles. The highest BCUT2D eigenvalue weighted by Crippen LogP contribution is 2.31. The van der Waals surface area contributed by atoms with E-state index in [4.69, 9.17) is 9.47 Å². The molecule has 1 aromatic rings. The predicted molar refractivity (Wildman–Crippen MR) is 79.8 cm³/mol. The molecule has 1 fully saturated rings. The van der Waals surface area contributed by atoms with E-state index in [0.29, 0.717) is 41.0 Å². The highest BCUT2D eigenvalue weighted by molar-refractivity contribution is 9.09. The minimum absolute atomic E-state index is 0.0417. The van der Waals surface area contributed by atoms with E-state index in [1.54, 1.807) is 18.2 Å². The second-order valence-corrected chi connectivity index (χ2v) is 6.64. The minimum atomic E-state index is -0.0417. The Labute approximate surface area is 127 Å². The van der Waals surface area contributed by atoms with Gasteiger partial charge in [-0.2, -0.15) is 0 Å². The lowest BCUT2D eigenvalue weighted by molar-refractivity contribution is 0.0946. The Balaban J connectivity index is 1.59. The number of carbonyl (C=O) groups is 1. The van der Waals surface area contributed by atoms with E-state index in [1.165, 1.54) is 12.8 Å². The SMILES string of the molecule is O=C(NCC1CCC(Br)C1)c1ccc2c(c1)OCCO2. The summed E-state index contributed by atoms with van der Waals surface area (Å²) in [6, 6.07) is 5.34.